The Bertz CT molecular complexity index is 1180. The smallest absolute Gasteiger partial charge is 0.344 e. The predicted molar refractivity (Wildman–Crippen MR) is 151 cm³/mol. The van der Waals surface area contributed by atoms with Crippen LogP contribution in [0, 0.1) is 23.2 Å². The van der Waals surface area contributed by atoms with Crippen LogP contribution in [0.2, 0.25) is 0 Å². The van der Waals surface area contributed by atoms with Gasteiger partial charge in [0.15, 0.2) is 0 Å². The van der Waals surface area contributed by atoms with E-state index in [9.17, 15) is 18.0 Å². The topological polar surface area (TPSA) is 50.2 Å². The molecule has 1 N–H and O–H groups in total. The Hall–Kier alpha value is -2.06. The number of rotatable bonds is 5. The summed E-state index contributed by atoms with van der Waals surface area (Å²) in [4.78, 5) is 15.8. The number of hydrogen-bond acceptors (Lipinski definition) is 3. The van der Waals surface area contributed by atoms with Gasteiger partial charge in [0.2, 0.25) is 5.91 Å². The molecule has 4 aliphatic carbocycles. The van der Waals surface area contributed by atoms with Crippen LogP contribution in [0.5, 0.6) is 0 Å². The first-order valence-corrected chi connectivity index (χ1v) is 14.5. The summed E-state index contributed by atoms with van der Waals surface area (Å²) in [7, 11) is 1.94. The van der Waals surface area contributed by atoms with E-state index in [1.807, 2.05) is 28.9 Å². The molecule has 2 heterocycles. The summed E-state index contributed by atoms with van der Waals surface area (Å²) < 4.78 is 41.6. The van der Waals surface area contributed by atoms with E-state index in [4.69, 9.17) is 5.10 Å². The van der Waals surface area contributed by atoms with Crippen molar-refractivity contribution in [3.8, 4) is 0 Å². The highest BCUT2D eigenvalue weighted by atomic mass is 35.5. The maximum atomic E-state index is 13.9. The third-order valence-electron chi connectivity index (χ3n) is 9.96. The number of amides is 1. The summed E-state index contributed by atoms with van der Waals surface area (Å²) in [6, 6.07) is 6.64. The maximum absolute atomic E-state index is 13.9. The van der Waals surface area contributed by atoms with Gasteiger partial charge in [-0.1, -0.05) is 12.1 Å². The van der Waals surface area contributed by atoms with Crippen molar-refractivity contribution in [2.75, 3.05) is 13.6 Å². The number of carbonyl (C=O) groups excluding carboxylic acids is 1. The molecule has 1 amide bonds. The van der Waals surface area contributed by atoms with Crippen LogP contribution in [0.25, 0.3) is 0 Å². The first kappa shape index (κ1) is 29.4. The number of nitrogens with zero attached hydrogens (tertiary/aromatic N) is 3. The van der Waals surface area contributed by atoms with Gasteiger partial charge in [0.25, 0.3) is 0 Å². The molecule has 4 bridgehead atoms. The van der Waals surface area contributed by atoms with Gasteiger partial charge in [0.05, 0.1) is 22.8 Å². The van der Waals surface area contributed by atoms with Gasteiger partial charge in [-0.2, -0.15) is 18.3 Å². The van der Waals surface area contributed by atoms with E-state index in [0.717, 1.165) is 47.7 Å². The van der Waals surface area contributed by atoms with Crippen LogP contribution in [0.4, 0.5) is 13.2 Å². The number of alkyl halides is 3. The fraction of sp³-hybridized carbons (Fsp3) is 0.677. The van der Waals surface area contributed by atoms with Gasteiger partial charge in [-0.05, 0) is 113 Å². The van der Waals surface area contributed by atoms with Gasteiger partial charge in [0.1, 0.15) is 0 Å². The molecule has 1 unspecified atom stereocenters. The van der Waals surface area contributed by atoms with Crippen LogP contribution in [0.15, 0.2) is 36.5 Å². The van der Waals surface area contributed by atoms with Crippen molar-refractivity contribution in [2.45, 2.75) is 95.4 Å². The molecule has 0 spiro atoms. The number of halogens is 4. The molecule has 5 nitrogen and oxygen atoms in total. The van der Waals surface area contributed by atoms with Gasteiger partial charge < -0.3 is 4.90 Å². The first-order chi connectivity index (χ1) is 18.3. The van der Waals surface area contributed by atoms with E-state index < -0.39 is 17.8 Å². The molecule has 5 aliphatic rings. The molecular formula is C31H42ClF3N4O. The summed E-state index contributed by atoms with van der Waals surface area (Å²) in [5.74, 6) is 2.45. The highest BCUT2D eigenvalue weighted by Crippen LogP contribution is 2.60. The van der Waals surface area contributed by atoms with Crippen LogP contribution in [0.1, 0.15) is 94.5 Å². The number of aromatic nitrogens is 2. The second-order valence-electron chi connectivity index (χ2n) is 14.1. The molecule has 5 fully saturated rings. The number of benzene rings is 1. The van der Waals surface area contributed by atoms with Crippen LogP contribution >= 0.6 is 12.4 Å². The minimum absolute atomic E-state index is 0. The van der Waals surface area contributed by atoms with Gasteiger partial charge in [0, 0.05) is 31.7 Å². The average Bonchev–Trinajstić information content (AvgIpc) is 3.50. The van der Waals surface area contributed by atoms with Crippen molar-refractivity contribution in [2.24, 2.45) is 23.2 Å². The standard InChI is InChI=1S/C31H41F3N4O.ClH/c1-29(2,3)38-10-9-25(36-38)24-14-26(35-27(24)22-5-7-23(8-6-22)31(32,33)34)28(39)37(4)18-30-15-19-11-20(16-30)13-21(12-19)17-30;/h5-10,19-21,24,26-27,35H,11-18H2,1-4H3;1H/t19?,20?,21?,24?,26-,27-,30?;/m0./s1. The largest absolute Gasteiger partial charge is 0.416 e. The molecule has 0 radical (unpaired) electrons. The van der Waals surface area contributed by atoms with Gasteiger partial charge in [-0.25, -0.2) is 0 Å². The average molecular weight is 579 g/mol. The number of carbonyl (C=O) groups is 1. The van der Waals surface area contributed by atoms with E-state index >= 15 is 0 Å². The molecule has 7 rings (SSSR count). The maximum Gasteiger partial charge on any atom is 0.416 e. The lowest BCUT2D eigenvalue weighted by Crippen LogP contribution is -2.53. The molecular weight excluding hydrogens is 537 g/mol. The van der Waals surface area contributed by atoms with E-state index in [1.54, 1.807) is 12.1 Å². The van der Waals surface area contributed by atoms with Gasteiger partial charge >= 0.3 is 6.18 Å². The van der Waals surface area contributed by atoms with Gasteiger partial charge in [-0.15, -0.1) is 12.4 Å². The molecule has 1 aliphatic heterocycles. The summed E-state index contributed by atoms with van der Waals surface area (Å²) in [6.07, 6.45) is 5.99. The minimum atomic E-state index is -4.38. The molecule has 1 aromatic heterocycles. The zero-order valence-electron chi connectivity index (χ0n) is 23.9. The number of nitrogens with one attached hydrogen (secondary N) is 1. The lowest BCUT2D eigenvalue weighted by Gasteiger charge is -2.57. The van der Waals surface area contributed by atoms with Crippen LogP contribution in [-0.2, 0) is 16.5 Å². The normalized spacial score (nSPS) is 33.2. The third kappa shape index (κ3) is 5.55. The van der Waals surface area contributed by atoms with E-state index in [0.29, 0.717) is 6.42 Å². The Kier molecular flexibility index (Phi) is 7.61. The summed E-state index contributed by atoms with van der Waals surface area (Å²) >= 11 is 0. The summed E-state index contributed by atoms with van der Waals surface area (Å²) in [5, 5.41) is 8.38. The molecule has 40 heavy (non-hydrogen) atoms. The van der Waals surface area contributed by atoms with Crippen molar-refractivity contribution >= 4 is 18.3 Å². The molecule has 9 heteroatoms. The first-order valence-electron chi connectivity index (χ1n) is 14.5. The molecule has 220 valence electrons. The van der Waals surface area contributed by atoms with Crippen molar-refractivity contribution in [1.82, 2.24) is 20.0 Å². The van der Waals surface area contributed by atoms with Crippen molar-refractivity contribution < 1.29 is 18.0 Å². The quantitative estimate of drug-likeness (QED) is 0.418. The molecule has 4 saturated carbocycles. The second-order valence-corrected chi connectivity index (χ2v) is 14.1. The van der Waals surface area contributed by atoms with Crippen molar-refractivity contribution in [1.29, 1.82) is 0 Å². The zero-order valence-corrected chi connectivity index (χ0v) is 24.7. The third-order valence-corrected chi connectivity index (χ3v) is 9.96. The lowest BCUT2D eigenvalue weighted by atomic mass is 9.49. The SMILES string of the molecule is CN(CC12CC3CC(CC(C3)C1)C2)C(=O)[C@@H]1CC(c2ccn(C(C)(C)C)n2)[C@H](c2ccc(C(F)(F)F)cc2)N1.Cl. The second kappa shape index (κ2) is 10.3. The van der Waals surface area contributed by atoms with E-state index in [1.165, 1.54) is 38.5 Å². The van der Waals surface area contributed by atoms with E-state index in [-0.39, 0.29) is 41.2 Å². The van der Waals surface area contributed by atoms with Crippen molar-refractivity contribution in [3.63, 3.8) is 0 Å². The fourth-order valence-corrected chi connectivity index (χ4v) is 8.70. The Morgan fingerprint density at radius 3 is 2.08 bits per heavy atom. The van der Waals surface area contributed by atoms with Crippen LogP contribution in [0.3, 0.4) is 0 Å². The molecule has 3 atom stereocenters. The fourth-order valence-electron chi connectivity index (χ4n) is 8.70. The number of hydrogen-bond donors (Lipinski definition) is 1. The summed E-state index contributed by atoms with van der Waals surface area (Å²) in [6.45, 7) is 7.04. The molecule has 1 aromatic carbocycles. The van der Waals surface area contributed by atoms with Crippen LogP contribution in [-0.4, -0.2) is 40.2 Å². The van der Waals surface area contributed by atoms with Crippen LogP contribution < -0.4 is 5.32 Å². The predicted octanol–water partition coefficient (Wildman–Crippen LogP) is 6.94. The van der Waals surface area contributed by atoms with E-state index in [2.05, 4.69) is 26.1 Å². The van der Waals surface area contributed by atoms with Gasteiger partial charge in [-0.3, -0.25) is 14.8 Å². The Morgan fingerprint density at radius 1 is 1.00 bits per heavy atom. The molecule has 1 saturated heterocycles. The highest BCUT2D eigenvalue weighted by Gasteiger charge is 2.52. The summed E-state index contributed by atoms with van der Waals surface area (Å²) in [5.41, 5.74) is 1.01. The lowest BCUT2D eigenvalue weighted by molar-refractivity contribution is -0.138. The Balaban J connectivity index is 0.00000323. The highest BCUT2D eigenvalue weighted by molar-refractivity contribution is 5.85. The zero-order chi connectivity index (χ0) is 27.7. The monoisotopic (exact) mass is 578 g/mol. The minimum Gasteiger partial charge on any atom is -0.344 e. The number of likely N-dealkylation sites (N-methyl/N-ethyl adjacent to an activating group) is 1. The Morgan fingerprint density at radius 2 is 1.57 bits per heavy atom. The Labute approximate surface area is 241 Å². The molecule has 2 aromatic rings. The van der Waals surface area contributed by atoms with Crippen molar-refractivity contribution in [3.05, 3.63) is 53.3 Å².